The van der Waals surface area contributed by atoms with E-state index in [1.165, 1.54) is 19.1 Å². The number of aryl methyl sites for hydroxylation is 1. The van der Waals surface area contributed by atoms with Crippen LogP contribution in [0.15, 0.2) is 18.2 Å². The largest absolute Gasteiger partial charge is 0.352 e. The minimum Gasteiger partial charge on any atom is -0.352 e. The summed E-state index contributed by atoms with van der Waals surface area (Å²) in [7, 11) is 0. The van der Waals surface area contributed by atoms with Crippen molar-refractivity contribution < 1.29 is 14.0 Å². The maximum atomic E-state index is 13.5. The molecule has 0 radical (unpaired) electrons. The summed E-state index contributed by atoms with van der Waals surface area (Å²) in [5, 5.41) is 3.72. The molecule has 0 spiro atoms. The van der Waals surface area contributed by atoms with Crippen LogP contribution in [0.1, 0.15) is 35.8 Å². The average molecular weight is 317 g/mol. The van der Waals surface area contributed by atoms with E-state index in [0.717, 1.165) is 23.8 Å². The van der Waals surface area contributed by atoms with E-state index in [4.69, 9.17) is 0 Å². The van der Waals surface area contributed by atoms with Gasteiger partial charge in [0.25, 0.3) is 5.91 Å². The topological polar surface area (TPSA) is 65.2 Å². The Balaban J connectivity index is 1.82. The predicted octanol–water partition coefficient (Wildman–Crippen LogP) is 2.36. The Hall–Kier alpha value is -2.37. The van der Waals surface area contributed by atoms with Crippen molar-refractivity contribution in [1.82, 2.24) is 15.2 Å². The number of rotatable bonds is 2. The molecule has 2 aromatic rings. The molecule has 1 aliphatic rings. The lowest BCUT2D eigenvalue weighted by atomic mass is 10.1. The summed E-state index contributed by atoms with van der Waals surface area (Å²) in [6, 6.07) is 4.62. The molecule has 2 amide bonds. The van der Waals surface area contributed by atoms with Gasteiger partial charge in [0.15, 0.2) is 0 Å². The van der Waals surface area contributed by atoms with Crippen LogP contribution in [0.4, 0.5) is 4.39 Å². The number of amides is 2. The van der Waals surface area contributed by atoms with E-state index in [2.05, 4.69) is 10.3 Å². The third kappa shape index (κ3) is 3.21. The summed E-state index contributed by atoms with van der Waals surface area (Å²) >= 11 is 0. The van der Waals surface area contributed by atoms with Crippen LogP contribution in [0.25, 0.3) is 10.9 Å². The number of aromatic nitrogens is 1. The van der Waals surface area contributed by atoms with E-state index in [1.54, 1.807) is 11.0 Å². The zero-order valence-corrected chi connectivity index (χ0v) is 13.3. The molecule has 122 valence electrons. The molecule has 1 saturated heterocycles. The quantitative estimate of drug-likeness (QED) is 0.893. The third-order valence-electron chi connectivity index (χ3n) is 4.26. The summed E-state index contributed by atoms with van der Waals surface area (Å²) in [6.07, 6.45) is 1.73. The molecule has 23 heavy (non-hydrogen) atoms. The van der Waals surface area contributed by atoms with Gasteiger partial charge in [0.05, 0.1) is 0 Å². The van der Waals surface area contributed by atoms with Crippen molar-refractivity contribution in [1.29, 1.82) is 0 Å². The van der Waals surface area contributed by atoms with Gasteiger partial charge in [-0.15, -0.1) is 0 Å². The molecule has 1 fully saturated rings. The molecule has 0 aliphatic carbocycles. The van der Waals surface area contributed by atoms with E-state index in [9.17, 15) is 14.0 Å². The highest BCUT2D eigenvalue weighted by atomic mass is 19.1. The zero-order valence-electron chi connectivity index (χ0n) is 13.3. The standard InChI is InChI=1S/C17H20FN3O2/c1-10-6-12(18)7-15-14(10)8-16(20-15)17(23)21-5-3-4-13(9-21)19-11(2)22/h6-8,13,20H,3-5,9H2,1-2H3,(H,19,22). The fourth-order valence-electron chi connectivity index (χ4n) is 3.23. The lowest BCUT2D eigenvalue weighted by Crippen LogP contribution is -2.49. The number of carbonyl (C=O) groups excluding carboxylic acids is 2. The Bertz CT molecular complexity index is 769. The van der Waals surface area contributed by atoms with Crippen LogP contribution < -0.4 is 5.32 Å². The second-order valence-electron chi connectivity index (χ2n) is 6.16. The van der Waals surface area contributed by atoms with Crippen molar-refractivity contribution in [2.45, 2.75) is 32.7 Å². The number of nitrogens with one attached hydrogen (secondary N) is 2. The minimum absolute atomic E-state index is 0.00578. The van der Waals surface area contributed by atoms with E-state index in [0.29, 0.717) is 24.3 Å². The van der Waals surface area contributed by atoms with Gasteiger partial charge in [-0.05, 0) is 43.5 Å². The van der Waals surface area contributed by atoms with Crippen LogP contribution in [-0.2, 0) is 4.79 Å². The molecule has 2 heterocycles. The van der Waals surface area contributed by atoms with Crippen molar-refractivity contribution in [3.8, 4) is 0 Å². The molecule has 1 aromatic carbocycles. The molecule has 0 saturated carbocycles. The number of halogens is 1. The lowest BCUT2D eigenvalue weighted by molar-refractivity contribution is -0.120. The Kier molecular flexibility index (Phi) is 4.07. The summed E-state index contributed by atoms with van der Waals surface area (Å²) in [6.45, 7) is 4.47. The highest BCUT2D eigenvalue weighted by Crippen LogP contribution is 2.23. The summed E-state index contributed by atoms with van der Waals surface area (Å²) in [5.74, 6) is -0.517. The number of aromatic amines is 1. The van der Waals surface area contributed by atoms with E-state index >= 15 is 0 Å². The number of hydrogen-bond acceptors (Lipinski definition) is 2. The number of H-pyrrole nitrogens is 1. The summed E-state index contributed by atoms with van der Waals surface area (Å²) in [4.78, 5) is 28.6. The number of benzene rings is 1. The zero-order chi connectivity index (χ0) is 16.6. The van der Waals surface area contributed by atoms with Crippen molar-refractivity contribution >= 4 is 22.7 Å². The molecule has 5 nitrogen and oxygen atoms in total. The van der Waals surface area contributed by atoms with E-state index < -0.39 is 0 Å². The SMILES string of the molecule is CC(=O)NC1CCCN(C(=O)c2cc3c(C)cc(F)cc3[nH]2)C1. The van der Waals surface area contributed by atoms with Crippen LogP contribution >= 0.6 is 0 Å². The van der Waals surface area contributed by atoms with Crippen molar-refractivity contribution in [3.63, 3.8) is 0 Å². The number of carbonyl (C=O) groups is 2. The molecule has 1 aromatic heterocycles. The normalized spacial score (nSPS) is 18.2. The van der Waals surface area contributed by atoms with E-state index in [1.807, 2.05) is 6.92 Å². The first-order valence-corrected chi connectivity index (χ1v) is 7.79. The Labute approximate surface area is 133 Å². The monoisotopic (exact) mass is 317 g/mol. The van der Waals surface area contributed by atoms with Gasteiger partial charge >= 0.3 is 0 Å². The maximum Gasteiger partial charge on any atom is 0.270 e. The molecule has 6 heteroatoms. The van der Waals surface area contributed by atoms with Gasteiger partial charge < -0.3 is 15.2 Å². The van der Waals surface area contributed by atoms with Gasteiger partial charge in [0.2, 0.25) is 5.91 Å². The number of piperidine rings is 1. The highest BCUT2D eigenvalue weighted by Gasteiger charge is 2.26. The predicted molar refractivity (Wildman–Crippen MR) is 85.7 cm³/mol. The molecule has 0 bridgehead atoms. The van der Waals surface area contributed by atoms with Crippen molar-refractivity contribution in [2.75, 3.05) is 13.1 Å². The number of hydrogen-bond donors (Lipinski definition) is 2. The first-order chi connectivity index (χ1) is 10.9. The Morgan fingerprint density at radius 3 is 2.87 bits per heavy atom. The van der Waals surface area contributed by atoms with Gasteiger partial charge in [-0.1, -0.05) is 0 Å². The second kappa shape index (κ2) is 6.02. The number of likely N-dealkylation sites (tertiary alicyclic amines) is 1. The van der Waals surface area contributed by atoms with Crippen molar-refractivity contribution in [3.05, 3.63) is 35.3 Å². The van der Waals surface area contributed by atoms with Crippen LogP contribution in [0.3, 0.4) is 0 Å². The maximum absolute atomic E-state index is 13.5. The van der Waals surface area contributed by atoms with Gasteiger partial charge in [0.1, 0.15) is 11.5 Å². The lowest BCUT2D eigenvalue weighted by Gasteiger charge is -2.32. The minimum atomic E-state index is -0.320. The molecule has 1 unspecified atom stereocenters. The molecule has 1 atom stereocenters. The first kappa shape index (κ1) is 15.5. The molecular weight excluding hydrogens is 297 g/mol. The van der Waals surface area contributed by atoms with Gasteiger partial charge in [-0.25, -0.2) is 4.39 Å². The van der Waals surface area contributed by atoms with E-state index in [-0.39, 0.29) is 23.7 Å². The molecule has 3 rings (SSSR count). The van der Waals surface area contributed by atoms with Gasteiger partial charge in [0, 0.05) is 37.0 Å². The highest BCUT2D eigenvalue weighted by molar-refractivity contribution is 5.99. The van der Waals surface area contributed by atoms with Crippen LogP contribution in [0.5, 0.6) is 0 Å². The fourth-order valence-corrected chi connectivity index (χ4v) is 3.23. The molecular formula is C17H20FN3O2. The number of fused-ring (bicyclic) bond motifs is 1. The van der Waals surface area contributed by atoms with Gasteiger partial charge in [-0.2, -0.15) is 0 Å². The van der Waals surface area contributed by atoms with Crippen LogP contribution in [0, 0.1) is 12.7 Å². The van der Waals surface area contributed by atoms with Gasteiger partial charge in [-0.3, -0.25) is 9.59 Å². The average Bonchev–Trinajstić information content (AvgIpc) is 2.90. The Morgan fingerprint density at radius 2 is 2.13 bits per heavy atom. The van der Waals surface area contributed by atoms with Crippen LogP contribution in [-0.4, -0.2) is 40.8 Å². The fraction of sp³-hybridized carbons (Fsp3) is 0.412. The van der Waals surface area contributed by atoms with Crippen LogP contribution in [0.2, 0.25) is 0 Å². The third-order valence-corrected chi connectivity index (χ3v) is 4.26. The van der Waals surface area contributed by atoms with Crippen molar-refractivity contribution in [2.24, 2.45) is 0 Å². The summed E-state index contributed by atoms with van der Waals surface area (Å²) < 4.78 is 13.5. The number of nitrogens with zero attached hydrogens (tertiary/aromatic N) is 1. The smallest absolute Gasteiger partial charge is 0.270 e. The second-order valence-corrected chi connectivity index (χ2v) is 6.16. The molecule has 1 aliphatic heterocycles. The summed E-state index contributed by atoms with van der Waals surface area (Å²) in [5.41, 5.74) is 1.88. The Morgan fingerprint density at radius 1 is 1.35 bits per heavy atom. The molecule has 2 N–H and O–H groups in total. The first-order valence-electron chi connectivity index (χ1n) is 7.79.